The number of hydrogen-bond acceptors (Lipinski definition) is 3. The lowest BCUT2D eigenvalue weighted by molar-refractivity contribution is 0.0773. The van der Waals surface area contributed by atoms with Gasteiger partial charge in [0.25, 0.3) is 5.91 Å². The molecule has 27 heavy (non-hydrogen) atoms. The van der Waals surface area contributed by atoms with Crippen molar-refractivity contribution in [2.75, 3.05) is 20.2 Å². The van der Waals surface area contributed by atoms with Crippen LogP contribution in [0.3, 0.4) is 0 Å². The van der Waals surface area contributed by atoms with Crippen molar-refractivity contribution >= 4 is 29.1 Å². The molecule has 3 rings (SSSR count). The van der Waals surface area contributed by atoms with E-state index in [9.17, 15) is 4.79 Å². The van der Waals surface area contributed by atoms with E-state index in [4.69, 9.17) is 27.9 Å². The van der Waals surface area contributed by atoms with Crippen molar-refractivity contribution in [3.05, 3.63) is 82.1 Å². The maximum absolute atomic E-state index is 12.5. The van der Waals surface area contributed by atoms with Crippen molar-refractivity contribution in [1.29, 1.82) is 0 Å². The third-order valence-electron chi connectivity index (χ3n) is 4.01. The molecule has 140 valence electrons. The zero-order chi connectivity index (χ0) is 19.2. The van der Waals surface area contributed by atoms with E-state index in [-0.39, 0.29) is 5.91 Å². The van der Waals surface area contributed by atoms with Gasteiger partial charge in [0.2, 0.25) is 0 Å². The lowest BCUT2D eigenvalue weighted by Crippen LogP contribution is -2.30. The van der Waals surface area contributed by atoms with E-state index in [0.717, 1.165) is 5.56 Å². The molecule has 0 unspecified atom stereocenters. The molecule has 0 aliphatic heterocycles. The van der Waals surface area contributed by atoms with E-state index in [0.29, 0.717) is 41.1 Å². The Morgan fingerprint density at radius 2 is 2.00 bits per heavy atom. The van der Waals surface area contributed by atoms with Crippen molar-refractivity contribution < 1.29 is 9.53 Å². The molecule has 0 aliphatic carbocycles. The Kier molecular flexibility index (Phi) is 6.37. The van der Waals surface area contributed by atoms with E-state index >= 15 is 0 Å². The van der Waals surface area contributed by atoms with Gasteiger partial charge in [0, 0.05) is 23.3 Å². The molecule has 0 bridgehead atoms. The van der Waals surface area contributed by atoms with Gasteiger partial charge in [-0.2, -0.15) is 5.10 Å². The average molecular weight is 404 g/mol. The standard InChI is InChI=1S/C20H19Cl2N3O2/c1-24(9-10-27-18-7-4-6-17(21)11-18)20(26)16-12-23-25(14-16)13-15-5-2-3-8-19(15)22/h2-8,11-12,14H,9-10,13H2,1H3. The van der Waals surface area contributed by atoms with Crippen LogP contribution < -0.4 is 4.74 Å². The van der Waals surface area contributed by atoms with Crippen LogP contribution in [-0.2, 0) is 6.54 Å². The van der Waals surface area contributed by atoms with E-state index in [2.05, 4.69) is 5.10 Å². The summed E-state index contributed by atoms with van der Waals surface area (Å²) in [4.78, 5) is 14.1. The SMILES string of the molecule is CN(CCOc1cccc(Cl)c1)C(=O)c1cnn(Cc2ccccc2Cl)c1. The monoisotopic (exact) mass is 403 g/mol. The van der Waals surface area contributed by atoms with Crippen LogP contribution in [0.15, 0.2) is 60.9 Å². The molecule has 2 aromatic carbocycles. The van der Waals surface area contributed by atoms with Gasteiger partial charge in [-0.1, -0.05) is 47.5 Å². The summed E-state index contributed by atoms with van der Waals surface area (Å²) in [6.07, 6.45) is 3.29. The van der Waals surface area contributed by atoms with Crippen LogP contribution in [0.5, 0.6) is 5.75 Å². The van der Waals surface area contributed by atoms with Crippen LogP contribution in [-0.4, -0.2) is 40.8 Å². The predicted molar refractivity (Wildman–Crippen MR) is 107 cm³/mol. The van der Waals surface area contributed by atoms with Crippen LogP contribution in [0.4, 0.5) is 0 Å². The smallest absolute Gasteiger partial charge is 0.256 e. The third-order valence-corrected chi connectivity index (χ3v) is 4.61. The minimum absolute atomic E-state index is 0.116. The second-order valence-electron chi connectivity index (χ2n) is 6.05. The molecule has 0 saturated heterocycles. The summed E-state index contributed by atoms with van der Waals surface area (Å²) in [7, 11) is 1.73. The van der Waals surface area contributed by atoms with Crippen molar-refractivity contribution in [1.82, 2.24) is 14.7 Å². The molecule has 0 aliphatic rings. The summed E-state index contributed by atoms with van der Waals surface area (Å²) < 4.78 is 7.33. The summed E-state index contributed by atoms with van der Waals surface area (Å²) in [6, 6.07) is 14.7. The molecule has 1 amide bonds. The molecule has 1 heterocycles. The number of halogens is 2. The highest BCUT2D eigenvalue weighted by Gasteiger charge is 2.14. The van der Waals surface area contributed by atoms with Crippen LogP contribution in [0.25, 0.3) is 0 Å². The molecule has 0 saturated carbocycles. The van der Waals surface area contributed by atoms with Crippen LogP contribution >= 0.6 is 23.2 Å². The Hall–Kier alpha value is -2.50. The summed E-state index contributed by atoms with van der Waals surface area (Å²) in [6.45, 7) is 1.33. The fourth-order valence-electron chi connectivity index (χ4n) is 2.54. The van der Waals surface area contributed by atoms with Gasteiger partial charge in [0.1, 0.15) is 12.4 Å². The van der Waals surface area contributed by atoms with E-state index in [1.807, 2.05) is 36.4 Å². The number of rotatable bonds is 7. The van der Waals surface area contributed by atoms with Gasteiger partial charge in [-0.15, -0.1) is 0 Å². The fourth-order valence-corrected chi connectivity index (χ4v) is 2.92. The molecule has 0 fully saturated rings. The number of likely N-dealkylation sites (N-methyl/N-ethyl adjacent to an activating group) is 1. The van der Waals surface area contributed by atoms with Crippen molar-refractivity contribution in [2.24, 2.45) is 0 Å². The molecule has 0 N–H and O–H groups in total. The van der Waals surface area contributed by atoms with E-state index in [1.165, 1.54) is 0 Å². The molecule has 0 radical (unpaired) electrons. The molecule has 0 atom stereocenters. The van der Waals surface area contributed by atoms with Crippen molar-refractivity contribution in [3.63, 3.8) is 0 Å². The maximum atomic E-state index is 12.5. The Morgan fingerprint density at radius 1 is 1.19 bits per heavy atom. The molecule has 7 heteroatoms. The Morgan fingerprint density at radius 3 is 2.78 bits per heavy atom. The first kappa shape index (κ1) is 19.3. The first-order valence-electron chi connectivity index (χ1n) is 8.42. The quantitative estimate of drug-likeness (QED) is 0.587. The number of benzene rings is 2. The number of ether oxygens (including phenoxy) is 1. The number of carbonyl (C=O) groups excluding carboxylic acids is 1. The zero-order valence-electron chi connectivity index (χ0n) is 14.8. The van der Waals surface area contributed by atoms with Crippen LogP contribution in [0.1, 0.15) is 15.9 Å². The summed E-state index contributed by atoms with van der Waals surface area (Å²) in [5.41, 5.74) is 1.47. The highest BCUT2D eigenvalue weighted by Crippen LogP contribution is 2.18. The topological polar surface area (TPSA) is 47.4 Å². The van der Waals surface area contributed by atoms with Gasteiger partial charge < -0.3 is 9.64 Å². The molecule has 3 aromatic rings. The normalized spacial score (nSPS) is 10.6. The second-order valence-corrected chi connectivity index (χ2v) is 6.89. The van der Waals surface area contributed by atoms with Gasteiger partial charge in [0.05, 0.1) is 24.8 Å². The molecular weight excluding hydrogens is 385 g/mol. The minimum Gasteiger partial charge on any atom is -0.492 e. The summed E-state index contributed by atoms with van der Waals surface area (Å²) in [5.74, 6) is 0.561. The van der Waals surface area contributed by atoms with Crippen molar-refractivity contribution in [3.8, 4) is 5.75 Å². The molecule has 1 aromatic heterocycles. The van der Waals surface area contributed by atoms with E-state index in [1.54, 1.807) is 41.2 Å². The largest absolute Gasteiger partial charge is 0.492 e. The maximum Gasteiger partial charge on any atom is 0.256 e. The lowest BCUT2D eigenvalue weighted by atomic mass is 10.2. The average Bonchev–Trinajstić information content (AvgIpc) is 3.11. The summed E-state index contributed by atoms with van der Waals surface area (Å²) in [5, 5.41) is 5.55. The summed E-state index contributed by atoms with van der Waals surface area (Å²) >= 11 is 12.1. The Bertz CT molecular complexity index is 927. The van der Waals surface area contributed by atoms with Crippen molar-refractivity contribution in [2.45, 2.75) is 6.54 Å². The Labute approximate surface area is 168 Å². The molecular formula is C20H19Cl2N3O2. The highest BCUT2D eigenvalue weighted by atomic mass is 35.5. The predicted octanol–water partition coefficient (Wildman–Crippen LogP) is 4.39. The number of hydrogen-bond donors (Lipinski definition) is 0. The first-order valence-corrected chi connectivity index (χ1v) is 9.18. The molecule has 5 nitrogen and oxygen atoms in total. The lowest BCUT2D eigenvalue weighted by Gasteiger charge is -2.16. The van der Waals surface area contributed by atoms with Gasteiger partial charge in [-0.3, -0.25) is 9.48 Å². The number of amides is 1. The van der Waals surface area contributed by atoms with Crippen LogP contribution in [0, 0.1) is 0 Å². The highest BCUT2D eigenvalue weighted by molar-refractivity contribution is 6.31. The van der Waals surface area contributed by atoms with Crippen LogP contribution in [0.2, 0.25) is 10.0 Å². The zero-order valence-corrected chi connectivity index (χ0v) is 16.3. The number of carbonyl (C=O) groups is 1. The Balaban J connectivity index is 1.54. The fraction of sp³-hybridized carbons (Fsp3) is 0.200. The van der Waals surface area contributed by atoms with Gasteiger partial charge in [0.15, 0.2) is 0 Å². The minimum atomic E-state index is -0.116. The van der Waals surface area contributed by atoms with Gasteiger partial charge >= 0.3 is 0 Å². The second kappa shape index (κ2) is 8.93. The number of aromatic nitrogens is 2. The van der Waals surface area contributed by atoms with Gasteiger partial charge in [-0.05, 0) is 29.8 Å². The third kappa shape index (κ3) is 5.25. The number of nitrogens with zero attached hydrogens (tertiary/aromatic N) is 3. The molecule has 0 spiro atoms. The van der Waals surface area contributed by atoms with Gasteiger partial charge in [-0.25, -0.2) is 0 Å². The first-order chi connectivity index (χ1) is 13.0. The van der Waals surface area contributed by atoms with E-state index < -0.39 is 0 Å².